The molecule has 0 heterocycles. The molecule has 10 radical (unpaired) electrons. The third kappa shape index (κ3) is 6.84. The van der Waals surface area contributed by atoms with Gasteiger partial charge in [-0.3, -0.25) is 4.79 Å². The van der Waals surface area contributed by atoms with Crippen molar-refractivity contribution in [3.05, 3.63) is 61.2 Å². The van der Waals surface area contributed by atoms with E-state index in [1.165, 1.54) is 29.6 Å². The summed E-state index contributed by atoms with van der Waals surface area (Å²) in [5.41, 5.74) is -0.142. The topological polar surface area (TPSA) is 49.3 Å². The molecule has 2 aliphatic carbocycles. The minimum atomic E-state index is -0.222. The van der Waals surface area contributed by atoms with Crippen molar-refractivity contribution < 1.29 is 27.0 Å². The first-order valence-electron chi connectivity index (χ1n) is 8.83. The third-order valence-corrected chi connectivity index (χ3v) is 5.27. The Balaban J connectivity index is 0.000000497. The van der Waals surface area contributed by atoms with Crippen molar-refractivity contribution in [3.8, 4) is 0 Å². The second-order valence-electron chi connectivity index (χ2n) is 7.87. The van der Waals surface area contributed by atoms with Crippen LogP contribution in [0, 0.1) is 66.6 Å². The molecule has 0 aromatic heterocycles. The minimum Gasteiger partial charge on any atom is -0.394 e. The molecule has 2 N–H and O–H groups in total. The van der Waals surface area contributed by atoms with Gasteiger partial charge in [-0.1, -0.05) is 55.4 Å². The number of nitrogens with one attached hydrogen (secondary N) is 1. The molecule has 0 saturated heterocycles. The number of amides is 1. The van der Waals surface area contributed by atoms with Gasteiger partial charge in [-0.2, -0.15) is 0 Å². The summed E-state index contributed by atoms with van der Waals surface area (Å²) in [5, 5.41) is 12.0. The van der Waals surface area contributed by atoms with Gasteiger partial charge in [0.05, 0.1) is 18.6 Å². The van der Waals surface area contributed by atoms with Crippen LogP contribution in [0.3, 0.4) is 0 Å². The van der Waals surface area contributed by atoms with Crippen molar-refractivity contribution in [2.24, 2.45) is 5.41 Å². The summed E-state index contributed by atoms with van der Waals surface area (Å²) < 4.78 is 0. The molecule has 2 rings (SSSR count). The summed E-state index contributed by atoms with van der Waals surface area (Å²) in [6.07, 6.45) is 7.15. The van der Waals surface area contributed by atoms with E-state index in [1.807, 2.05) is 33.6 Å². The molecule has 0 aromatic carbocycles. The van der Waals surface area contributed by atoms with Gasteiger partial charge in [-0.25, -0.2) is 0 Å². The van der Waals surface area contributed by atoms with E-state index in [1.54, 1.807) is 12.8 Å². The number of aliphatic hydroxyl groups excluding tert-OH is 1. The molecule has 1 amide bonds. The number of rotatable bonds is 3. The number of carbonyl (C=O) groups excluding carboxylic acids is 1. The van der Waals surface area contributed by atoms with Crippen LogP contribution in [0.25, 0.3) is 0 Å². The van der Waals surface area contributed by atoms with Crippen LogP contribution in [0.5, 0.6) is 0 Å². The summed E-state index contributed by atoms with van der Waals surface area (Å²) in [6.45, 7) is 16.9. The number of aliphatic hydroxyl groups is 1. The van der Waals surface area contributed by atoms with Gasteiger partial charge >= 0.3 is 17.1 Å². The van der Waals surface area contributed by atoms with E-state index in [0.717, 1.165) is 0 Å². The van der Waals surface area contributed by atoms with Crippen LogP contribution in [-0.2, 0) is 21.9 Å². The monoisotopic (exact) mass is 399 g/mol. The van der Waals surface area contributed by atoms with Gasteiger partial charge in [0.15, 0.2) is 0 Å². The molecule has 26 heavy (non-hydrogen) atoms. The van der Waals surface area contributed by atoms with Crippen LogP contribution in [0.1, 0.15) is 55.4 Å². The quantitative estimate of drug-likeness (QED) is 0.708. The summed E-state index contributed by atoms with van der Waals surface area (Å²) in [6, 6.07) is -0.222. The van der Waals surface area contributed by atoms with Crippen molar-refractivity contribution in [1.29, 1.82) is 0 Å². The SMILES string of the molecule is CC(C)(C)[C@@H](CO)NC(=O)[C]1[CH][CH][CH][CH]1.C[C]1[C](C)[C](C)[C](C)[C]1C.[Fe+2]. The van der Waals surface area contributed by atoms with E-state index in [-0.39, 0.29) is 41.0 Å². The zero-order chi connectivity index (χ0) is 19.4. The van der Waals surface area contributed by atoms with Crippen LogP contribution in [0.15, 0.2) is 0 Å². The molecule has 0 unspecified atom stereocenters. The maximum absolute atomic E-state index is 11.7. The molecule has 1 atom stereocenters. The van der Waals surface area contributed by atoms with E-state index in [4.69, 9.17) is 0 Å². The van der Waals surface area contributed by atoms with Crippen molar-refractivity contribution >= 4 is 5.91 Å². The molecule has 144 valence electrons. The molecular weight excluding hydrogens is 366 g/mol. The van der Waals surface area contributed by atoms with Crippen LogP contribution in [-0.4, -0.2) is 23.7 Å². The average molecular weight is 399 g/mol. The van der Waals surface area contributed by atoms with Gasteiger partial charge < -0.3 is 10.4 Å². The molecule has 2 aliphatic rings. The van der Waals surface area contributed by atoms with Crippen LogP contribution < -0.4 is 5.32 Å². The summed E-state index contributed by atoms with van der Waals surface area (Å²) in [7, 11) is 0. The molecule has 0 spiro atoms. The smallest absolute Gasteiger partial charge is 0.394 e. The third-order valence-electron chi connectivity index (χ3n) is 5.27. The first kappa shape index (κ1) is 25.9. The maximum Gasteiger partial charge on any atom is 2.00 e. The number of carbonyl (C=O) groups is 1. The second-order valence-corrected chi connectivity index (χ2v) is 7.87. The Morgan fingerprint density at radius 3 is 1.54 bits per heavy atom. The zero-order valence-corrected chi connectivity index (χ0v) is 18.4. The van der Waals surface area contributed by atoms with Crippen LogP contribution >= 0.6 is 0 Å². The molecule has 2 fully saturated rings. The predicted molar refractivity (Wildman–Crippen MR) is 103 cm³/mol. The van der Waals surface area contributed by atoms with Crippen molar-refractivity contribution in [2.75, 3.05) is 6.61 Å². The van der Waals surface area contributed by atoms with Gasteiger partial charge in [-0.15, -0.1) is 0 Å². The van der Waals surface area contributed by atoms with Crippen LogP contribution in [0.4, 0.5) is 0 Å². The average Bonchev–Trinajstić information content (AvgIpc) is 3.14. The normalized spacial score (nSPS) is 22.7. The van der Waals surface area contributed by atoms with Gasteiger partial charge in [-0.05, 0) is 60.7 Å². The fourth-order valence-electron chi connectivity index (χ4n) is 2.71. The minimum absolute atomic E-state index is 0. The van der Waals surface area contributed by atoms with Crippen molar-refractivity contribution in [3.63, 3.8) is 0 Å². The zero-order valence-electron chi connectivity index (χ0n) is 17.3. The van der Waals surface area contributed by atoms with Gasteiger partial charge in [0.1, 0.15) is 0 Å². The largest absolute Gasteiger partial charge is 2.00 e. The summed E-state index contributed by atoms with van der Waals surface area (Å²) >= 11 is 0. The van der Waals surface area contributed by atoms with Gasteiger partial charge in [0.25, 0.3) is 0 Å². The molecule has 4 heteroatoms. The van der Waals surface area contributed by atoms with E-state index in [2.05, 4.69) is 39.9 Å². The van der Waals surface area contributed by atoms with Crippen molar-refractivity contribution in [2.45, 2.75) is 61.4 Å². The van der Waals surface area contributed by atoms with Gasteiger partial charge in [0.2, 0.25) is 5.91 Å². The van der Waals surface area contributed by atoms with E-state index in [0.29, 0.717) is 5.92 Å². The Morgan fingerprint density at radius 2 is 1.27 bits per heavy atom. The molecule has 2 saturated carbocycles. The molecule has 0 aliphatic heterocycles. The molecule has 3 nitrogen and oxygen atoms in total. The van der Waals surface area contributed by atoms with Gasteiger partial charge in [0, 0.05) is 0 Å². The Bertz CT molecular complexity index is 370. The Labute approximate surface area is 172 Å². The van der Waals surface area contributed by atoms with E-state index in [9.17, 15) is 9.90 Å². The molecule has 0 bridgehead atoms. The second kappa shape index (κ2) is 11.1. The fraction of sp³-hybridized carbons (Fsp3) is 0.500. The standard InChI is InChI=1S/C12H18NO2.C10H15.Fe/c1-12(2,3)10(8-14)13-11(15)9-6-4-5-7-9;1-6-7(2)9(4)10(5)8(6)3;/h4-7,10,14H,8H2,1-3H3,(H,13,15);1-5H3;/q;;+2/t10-;;/m1../s1. The molecule has 0 aromatic rings. The summed E-state index contributed by atoms with van der Waals surface area (Å²) in [5.74, 6) is 7.84. The Hall–Kier alpha value is -0.0505. The van der Waals surface area contributed by atoms with E-state index >= 15 is 0 Å². The molecular formula is C22H33FeNO2+2. The van der Waals surface area contributed by atoms with Crippen molar-refractivity contribution in [1.82, 2.24) is 5.32 Å². The maximum atomic E-state index is 11.7. The fourth-order valence-corrected chi connectivity index (χ4v) is 2.71. The predicted octanol–water partition coefficient (Wildman–Crippen LogP) is 3.88. The Morgan fingerprint density at radius 1 is 0.923 bits per heavy atom. The Kier molecular flexibility index (Phi) is 11.1. The summed E-state index contributed by atoms with van der Waals surface area (Å²) in [4.78, 5) is 11.7. The van der Waals surface area contributed by atoms with E-state index < -0.39 is 0 Å². The first-order chi connectivity index (χ1) is 11.5. The number of hydrogen-bond acceptors (Lipinski definition) is 2. The number of hydrogen-bond donors (Lipinski definition) is 2. The van der Waals surface area contributed by atoms with Crippen LogP contribution in [0.2, 0.25) is 0 Å². The first-order valence-corrected chi connectivity index (χ1v) is 8.83.